The highest BCUT2D eigenvalue weighted by atomic mass is 16.5. The molecule has 5 nitrogen and oxygen atoms in total. The van der Waals surface area contributed by atoms with Crippen molar-refractivity contribution >= 4 is 5.97 Å². The predicted molar refractivity (Wildman–Crippen MR) is 72.3 cm³/mol. The molecular weight excluding hydrogens is 246 g/mol. The molecule has 0 radical (unpaired) electrons. The Morgan fingerprint density at radius 3 is 2.63 bits per heavy atom. The molecule has 5 heteroatoms. The highest BCUT2D eigenvalue weighted by molar-refractivity contribution is 5.72. The minimum absolute atomic E-state index is 0.467. The minimum atomic E-state index is -0.826. The van der Waals surface area contributed by atoms with Gasteiger partial charge in [0.25, 0.3) is 0 Å². The molecule has 1 rings (SSSR count). The first-order chi connectivity index (χ1) is 8.99. The Bertz CT molecular complexity index is 433. The molecule has 1 N–H and O–H groups in total. The van der Waals surface area contributed by atoms with Gasteiger partial charge < -0.3 is 14.6 Å². The quantitative estimate of drug-likeness (QED) is 0.815. The van der Waals surface area contributed by atoms with Crippen LogP contribution in [0.4, 0.5) is 0 Å². The van der Waals surface area contributed by atoms with Crippen LogP contribution in [0.15, 0.2) is 18.2 Å². The zero-order valence-electron chi connectivity index (χ0n) is 11.8. The maximum Gasteiger partial charge on any atom is 0.320 e. The number of carbonyl (C=O) groups is 1. The molecule has 0 saturated carbocycles. The molecule has 0 amide bonds. The first-order valence-corrected chi connectivity index (χ1v) is 6.07. The Morgan fingerprint density at radius 1 is 1.42 bits per heavy atom. The van der Waals surface area contributed by atoms with Crippen LogP contribution in [0.2, 0.25) is 0 Å². The van der Waals surface area contributed by atoms with Gasteiger partial charge >= 0.3 is 5.97 Å². The van der Waals surface area contributed by atoms with Gasteiger partial charge in [-0.05, 0) is 31.7 Å². The van der Waals surface area contributed by atoms with Crippen molar-refractivity contribution < 1.29 is 19.4 Å². The summed E-state index contributed by atoms with van der Waals surface area (Å²) >= 11 is 0. The summed E-state index contributed by atoms with van der Waals surface area (Å²) in [6, 6.07) is 5.27. The molecule has 0 aliphatic heterocycles. The fraction of sp³-hybridized carbons (Fsp3) is 0.500. The van der Waals surface area contributed by atoms with Crippen molar-refractivity contribution in [2.24, 2.45) is 0 Å². The van der Waals surface area contributed by atoms with Gasteiger partial charge in [-0.15, -0.1) is 0 Å². The molecule has 0 aliphatic carbocycles. The highest BCUT2D eigenvalue weighted by Crippen LogP contribution is 2.21. The molecule has 106 valence electrons. The fourth-order valence-electron chi connectivity index (χ4n) is 1.81. The summed E-state index contributed by atoms with van der Waals surface area (Å²) in [7, 11) is 5.04. The van der Waals surface area contributed by atoms with Crippen molar-refractivity contribution in [1.29, 1.82) is 0 Å². The molecular formula is C14H21NO4. The van der Waals surface area contributed by atoms with Crippen LogP contribution in [-0.2, 0) is 22.7 Å². The van der Waals surface area contributed by atoms with E-state index in [0.717, 1.165) is 16.9 Å². The van der Waals surface area contributed by atoms with Crippen molar-refractivity contribution in [2.75, 3.05) is 21.3 Å². The van der Waals surface area contributed by atoms with Gasteiger partial charge in [-0.25, -0.2) is 0 Å². The monoisotopic (exact) mass is 267 g/mol. The number of ether oxygens (including phenoxy) is 2. The number of nitrogens with zero attached hydrogens (tertiary/aromatic N) is 1. The lowest BCUT2D eigenvalue weighted by atomic mass is 10.1. The summed E-state index contributed by atoms with van der Waals surface area (Å²) in [6.45, 7) is 2.70. The van der Waals surface area contributed by atoms with Gasteiger partial charge in [0.05, 0.1) is 13.7 Å². The minimum Gasteiger partial charge on any atom is -0.496 e. The number of rotatable bonds is 7. The van der Waals surface area contributed by atoms with Crippen LogP contribution in [0, 0.1) is 0 Å². The number of methoxy groups -OCH3 is 2. The molecule has 0 heterocycles. The number of hydrogen-bond acceptors (Lipinski definition) is 4. The second-order valence-corrected chi connectivity index (χ2v) is 4.51. The topological polar surface area (TPSA) is 59.0 Å². The van der Waals surface area contributed by atoms with Gasteiger partial charge in [0.2, 0.25) is 0 Å². The summed E-state index contributed by atoms with van der Waals surface area (Å²) in [4.78, 5) is 12.7. The van der Waals surface area contributed by atoms with Crippen LogP contribution in [0.3, 0.4) is 0 Å². The van der Waals surface area contributed by atoms with E-state index in [9.17, 15) is 4.79 Å². The summed E-state index contributed by atoms with van der Waals surface area (Å²) in [6.07, 6.45) is 0. The SMILES string of the molecule is COCc1cc(CN(C)C(C)C(=O)O)ccc1OC. The predicted octanol–water partition coefficient (Wildman–Crippen LogP) is 1.75. The van der Waals surface area contributed by atoms with Crippen molar-refractivity contribution in [1.82, 2.24) is 4.90 Å². The molecule has 0 saturated heterocycles. The molecule has 0 aromatic heterocycles. The third kappa shape index (κ3) is 4.22. The average molecular weight is 267 g/mol. The first kappa shape index (κ1) is 15.5. The second-order valence-electron chi connectivity index (χ2n) is 4.51. The normalized spacial score (nSPS) is 12.5. The molecule has 0 fully saturated rings. The van der Waals surface area contributed by atoms with Crippen LogP contribution in [0.25, 0.3) is 0 Å². The van der Waals surface area contributed by atoms with Gasteiger partial charge in [-0.2, -0.15) is 0 Å². The van der Waals surface area contributed by atoms with Gasteiger partial charge in [-0.3, -0.25) is 9.69 Å². The molecule has 1 atom stereocenters. The smallest absolute Gasteiger partial charge is 0.320 e. The summed E-state index contributed by atoms with van der Waals surface area (Å²) in [5.41, 5.74) is 1.99. The van der Waals surface area contributed by atoms with E-state index in [1.807, 2.05) is 18.2 Å². The van der Waals surface area contributed by atoms with E-state index in [2.05, 4.69) is 0 Å². The zero-order chi connectivity index (χ0) is 14.4. The number of aliphatic carboxylic acids is 1. The van der Waals surface area contributed by atoms with Crippen LogP contribution in [0.1, 0.15) is 18.1 Å². The Balaban J connectivity index is 2.84. The number of hydrogen-bond donors (Lipinski definition) is 1. The number of benzene rings is 1. The van der Waals surface area contributed by atoms with E-state index in [1.54, 1.807) is 33.1 Å². The van der Waals surface area contributed by atoms with Crippen molar-refractivity contribution in [3.8, 4) is 5.75 Å². The van der Waals surface area contributed by atoms with Crippen molar-refractivity contribution in [3.63, 3.8) is 0 Å². The number of likely N-dealkylation sites (N-methyl/N-ethyl adjacent to an activating group) is 1. The van der Waals surface area contributed by atoms with Crippen LogP contribution >= 0.6 is 0 Å². The van der Waals surface area contributed by atoms with Crippen LogP contribution in [0.5, 0.6) is 5.75 Å². The van der Waals surface area contributed by atoms with Crippen molar-refractivity contribution in [3.05, 3.63) is 29.3 Å². The Kier molecular flexibility index (Phi) is 5.79. The lowest BCUT2D eigenvalue weighted by Crippen LogP contribution is -2.35. The van der Waals surface area contributed by atoms with E-state index >= 15 is 0 Å². The highest BCUT2D eigenvalue weighted by Gasteiger charge is 2.17. The molecule has 0 aliphatic rings. The van der Waals surface area contributed by atoms with Gasteiger partial charge in [0.15, 0.2) is 0 Å². The largest absolute Gasteiger partial charge is 0.496 e. The summed E-state index contributed by atoms with van der Waals surface area (Å²) in [5, 5.41) is 8.97. The molecule has 0 bridgehead atoms. The second kappa shape index (κ2) is 7.11. The number of carboxylic acid groups (broad SMARTS) is 1. The van der Waals surface area contributed by atoms with E-state index in [4.69, 9.17) is 14.6 Å². The Morgan fingerprint density at radius 2 is 2.11 bits per heavy atom. The molecule has 0 spiro atoms. The first-order valence-electron chi connectivity index (χ1n) is 6.07. The van der Waals surface area contributed by atoms with Gasteiger partial charge in [-0.1, -0.05) is 6.07 Å². The van der Waals surface area contributed by atoms with Gasteiger partial charge in [0, 0.05) is 19.2 Å². The number of carboxylic acids is 1. The maximum absolute atomic E-state index is 10.9. The lowest BCUT2D eigenvalue weighted by Gasteiger charge is -2.21. The van der Waals surface area contributed by atoms with Gasteiger partial charge in [0.1, 0.15) is 11.8 Å². The Hall–Kier alpha value is -1.59. The van der Waals surface area contributed by atoms with Crippen molar-refractivity contribution in [2.45, 2.75) is 26.1 Å². The Labute approximate surface area is 113 Å². The summed E-state index contributed by atoms with van der Waals surface area (Å²) in [5.74, 6) is -0.0485. The fourth-order valence-corrected chi connectivity index (χ4v) is 1.81. The third-order valence-electron chi connectivity index (χ3n) is 3.10. The summed E-state index contributed by atoms with van der Waals surface area (Å²) < 4.78 is 10.4. The standard InChI is InChI=1S/C14H21NO4/c1-10(14(16)17)15(2)8-11-5-6-13(19-4)12(7-11)9-18-3/h5-7,10H,8-9H2,1-4H3,(H,16,17). The molecule has 1 aromatic carbocycles. The molecule has 1 unspecified atom stereocenters. The zero-order valence-corrected chi connectivity index (χ0v) is 11.8. The molecule has 19 heavy (non-hydrogen) atoms. The van der Waals surface area contributed by atoms with E-state index in [0.29, 0.717) is 13.2 Å². The lowest BCUT2D eigenvalue weighted by molar-refractivity contribution is -0.142. The average Bonchev–Trinajstić information content (AvgIpc) is 2.38. The van der Waals surface area contributed by atoms with Crippen LogP contribution in [-0.4, -0.2) is 43.3 Å². The van der Waals surface area contributed by atoms with Crippen LogP contribution < -0.4 is 4.74 Å². The van der Waals surface area contributed by atoms with E-state index < -0.39 is 12.0 Å². The maximum atomic E-state index is 10.9. The van der Waals surface area contributed by atoms with E-state index in [1.165, 1.54) is 0 Å². The molecule has 1 aromatic rings. The third-order valence-corrected chi connectivity index (χ3v) is 3.10. The van der Waals surface area contributed by atoms with E-state index in [-0.39, 0.29) is 0 Å².